The summed E-state index contributed by atoms with van der Waals surface area (Å²) in [5.41, 5.74) is 7.00. The average molecular weight is 619 g/mol. The van der Waals surface area contributed by atoms with Crippen LogP contribution in [0, 0.1) is 17.8 Å². The van der Waals surface area contributed by atoms with Gasteiger partial charge in [-0.2, -0.15) is 0 Å². The van der Waals surface area contributed by atoms with E-state index in [4.69, 9.17) is 15.2 Å². The molecule has 3 amide bonds. The summed E-state index contributed by atoms with van der Waals surface area (Å²) in [4.78, 5) is 55.7. The van der Waals surface area contributed by atoms with Crippen LogP contribution in [0.1, 0.15) is 65.9 Å². The van der Waals surface area contributed by atoms with Crippen LogP contribution in [0.25, 0.3) is 0 Å². The lowest BCUT2D eigenvalue weighted by Crippen LogP contribution is -2.56. The summed E-state index contributed by atoms with van der Waals surface area (Å²) in [6.45, 7) is 10.1. The standard InChI is InChI=1S/C33H54N4O7/c1-9-21(4)29(36(6)32(40)28(34)20(2)3)26(43-7)19-27(38)37-17-13-16-25(37)30(44-8)22(5)31(39)35-24(33(41)42)18-23-14-11-10-12-15-23/h10-12,14-15,20-22,24-26,28-30H,9,13,16-19,34H2,1-8H3,(H,35,39)(H,41,42)/t21?,22-,24?,25+,26-,28+,29+,30-/m1/s1. The molecule has 1 aromatic rings. The molecule has 2 unspecified atom stereocenters. The van der Waals surface area contributed by atoms with E-state index in [-0.39, 0.29) is 48.6 Å². The van der Waals surface area contributed by atoms with Crippen LogP contribution in [0.15, 0.2) is 30.3 Å². The van der Waals surface area contributed by atoms with Gasteiger partial charge in [0.2, 0.25) is 17.7 Å². The average Bonchev–Trinajstić information content (AvgIpc) is 3.49. The third kappa shape index (κ3) is 9.49. The number of amides is 3. The number of benzene rings is 1. The first-order chi connectivity index (χ1) is 20.8. The van der Waals surface area contributed by atoms with Crippen molar-refractivity contribution in [1.29, 1.82) is 0 Å². The molecular formula is C33H54N4O7. The van der Waals surface area contributed by atoms with Crippen LogP contribution in [-0.2, 0) is 35.1 Å². The normalized spacial score (nSPS) is 19.9. The van der Waals surface area contributed by atoms with E-state index in [0.29, 0.717) is 13.0 Å². The number of methoxy groups -OCH3 is 2. The van der Waals surface area contributed by atoms with E-state index < -0.39 is 42.1 Å². The molecule has 11 nitrogen and oxygen atoms in total. The summed E-state index contributed by atoms with van der Waals surface area (Å²) < 4.78 is 11.7. The van der Waals surface area contributed by atoms with Crippen molar-refractivity contribution in [3.05, 3.63) is 35.9 Å². The van der Waals surface area contributed by atoms with Crippen molar-refractivity contribution in [1.82, 2.24) is 15.1 Å². The minimum Gasteiger partial charge on any atom is -0.480 e. The Morgan fingerprint density at radius 2 is 1.73 bits per heavy atom. The highest BCUT2D eigenvalue weighted by atomic mass is 16.5. The van der Waals surface area contributed by atoms with Crippen LogP contribution in [0.5, 0.6) is 0 Å². The SMILES string of the molecule is CCC(C)[C@@H]([C@@H](CC(=O)N1CCC[C@H]1[C@H](OC)[C@@H](C)C(=O)NC(Cc1ccccc1)C(=O)O)OC)N(C)C(=O)[C@@H](N)C(C)C. The van der Waals surface area contributed by atoms with E-state index in [0.717, 1.165) is 18.4 Å². The zero-order valence-corrected chi connectivity index (χ0v) is 27.7. The molecule has 0 spiro atoms. The van der Waals surface area contributed by atoms with Crippen LogP contribution in [0.3, 0.4) is 0 Å². The Morgan fingerprint density at radius 3 is 2.25 bits per heavy atom. The van der Waals surface area contributed by atoms with Crippen molar-refractivity contribution in [2.75, 3.05) is 27.8 Å². The summed E-state index contributed by atoms with van der Waals surface area (Å²) in [6.07, 6.45) is 1.14. The Labute approximate surface area is 262 Å². The maximum absolute atomic E-state index is 13.8. The van der Waals surface area contributed by atoms with Crippen LogP contribution in [0.4, 0.5) is 0 Å². The number of carbonyl (C=O) groups is 4. The molecule has 1 fully saturated rings. The van der Waals surface area contributed by atoms with E-state index in [1.807, 2.05) is 58.0 Å². The zero-order chi connectivity index (χ0) is 33.1. The number of carbonyl (C=O) groups excluding carboxylic acids is 3. The summed E-state index contributed by atoms with van der Waals surface area (Å²) in [7, 11) is 4.78. The molecule has 1 heterocycles. The molecule has 1 aromatic carbocycles. The lowest BCUT2D eigenvalue weighted by atomic mass is 9.89. The third-order valence-electron chi connectivity index (χ3n) is 9.16. The van der Waals surface area contributed by atoms with Crippen molar-refractivity contribution in [3.8, 4) is 0 Å². The molecular weight excluding hydrogens is 564 g/mol. The Morgan fingerprint density at radius 1 is 1.09 bits per heavy atom. The predicted molar refractivity (Wildman–Crippen MR) is 169 cm³/mol. The minimum absolute atomic E-state index is 0.0372. The van der Waals surface area contributed by atoms with Gasteiger partial charge in [-0.25, -0.2) is 4.79 Å². The molecule has 2 rings (SSSR count). The second-order valence-corrected chi connectivity index (χ2v) is 12.4. The fraction of sp³-hybridized carbons (Fsp3) is 0.697. The Kier molecular flexibility index (Phi) is 14.8. The fourth-order valence-electron chi connectivity index (χ4n) is 6.18. The highest BCUT2D eigenvalue weighted by molar-refractivity contribution is 5.86. The molecule has 1 saturated heterocycles. The number of likely N-dealkylation sites (tertiary alicyclic amines) is 1. The predicted octanol–water partition coefficient (Wildman–Crippen LogP) is 2.70. The number of nitrogens with one attached hydrogen (secondary N) is 1. The highest BCUT2D eigenvalue weighted by Gasteiger charge is 2.42. The second kappa shape index (κ2) is 17.5. The van der Waals surface area contributed by atoms with E-state index in [1.54, 1.807) is 30.9 Å². The van der Waals surface area contributed by atoms with Crippen LogP contribution < -0.4 is 11.1 Å². The molecule has 11 heteroatoms. The molecule has 8 atom stereocenters. The number of ether oxygens (including phenoxy) is 2. The third-order valence-corrected chi connectivity index (χ3v) is 9.16. The van der Waals surface area contributed by atoms with Crippen LogP contribution in [0.2, 0.25) is 0 Å². The molecule has 248 valence electrons. The van der Waals surface area contributed by atoms with Crippen molar-refractivity contribution < 1.29 is 33.8 Å². The van der Waals surface area contributed by atoms with Gasteiger partial charge in [0.15, 0.2) is 0 Å². The largest absolute Gasteiger partial charge is 0.480 e. The van der Waals surface area contributed by atoms with Crippen LogP contribution >= 0.6 is 0 Å². The molecule has 1 aliphatic heterocycles. The van der Waals surface area contributed by atoms with Gasteiger partial charge in [-0.15, -0.1) is 0 Å². The van der Waals surface area contributed by atoms with Gasteiger partial charge in [0.05, 0.1) is 42.7 Å². The first kappa shape index (κ1) is 37.2. The first-order valence-electron chi connectivity index (χ1n) is 15.7. The highest BCUT2D eigenvalue weighted by Crippen LogP contribution is 2.29. The van der Waals surface area contributed by atoms with E-state index >= 15 is 0 Å². The van der Waals surface area contributed by atoms with Crippen molar-refractivity contribution in [2.24, 2.45) is 23.5 Å². The Balaban J connectivity index is 2.20. The van der Waals surface area contributed by atoms with Gasteiger partial charge >= 0.3 is 5.97 Å². The quantitative estimate of drug-likeness (QED) is 0.241. The molecule has 4 N–H and O–H groups in total. The van der Waals surface area contributed by atoms with Gasteiger partial charge in [0.25, 0.3) is 0 Å². The molecule has 0 aliphatic carbocycles. The lowest BCUT2D eigenvalue weighted by Gasteiger charge is -2.40. The summed E-state index contributed by atoms with van der Waals surface area (Å²) >= 11 is 0. The van der Waals surface area contributed by atoms with Gasteiger partial charge in [-0.05, 0) is 30.2 Å². The molecule has 1 aliphatic rings. The molecule has 0 saturated carbocycles. The number of nitrogens with zero attached hydrogens (tertiary/aromatic N) is 2. The van der Waals surface area contributed by atoms with Gasteiger partial charge < -0.3 is 35.4 Å². The number of hydrogen-bond acceptors (Lipinski definition) is 7. The van der Waals surface area contributed by atoms with Crippen molar-refractivity contribution in [2.45, 2.75) is 103 Å². The summed E-state index contributed by atoms with van der Waals surface area (Å²) in [5, 5.41) is 12.5. The van der Waals surface area contributed by atoms with Gasteiger partial charge in [-0.3, -0.25) is 14.4 Å². The molecule has 0 bridgehead atoms. The number of nitrogens with two attached hydrogens (primary N) is 1. The summed E-state index contributed by atoms with van der Waals surface area (Å²) in [6, 6.07) is 6.61. The van der Waals surface area contributed by atoms with Crippen LogP contribution in [-0.4, -0.2) is 103 Å². The monoisotopic (exact) mass is 618 g/mol. The smallest absolute Gasteiger partial charge is 0.326 e. The number of rotatable bonds is 17. The Bertz CT molecular complexity index is 1090. The molecule has 0 radical (unpaired) electrons. The first-order valence-corrected chi connectivity index (χ1v) is 15.7. The minimum atomic E-state index is -1.12. The van der Waals surface area contributed by atoms with E-state index in [9.17, 15) is 24.3 Å². The lowest BCUT2D eigenvalue weighted by molar-refractivity contribution is -0.147. The van der Waals surface area contributed by atoms with Gasteiger partial charge in [0, 0.05) is 34.2 Å². The van der Waals surface area contributed by atoms with Crippen molar-refractivity contribution in [3.63, 3.8) is 0 Å². The maximum atomic E-state index is 13.8. The number of carboxylic acid groups (broad SMARTS) is 1. The zero-order valence-electron chi connectivity index (χ0n) is 27.7. The molecule has 44 heavy (non-hydrogen) atoms. The van der Waals surface area contributed by atoms with E-state index in [2.05, 4.69) is 5.32 Å². The number of aliphatic carboxylic acids is 1. The van der Waals surface area contributed by atoms with Crippen molar-refractivity contribution >= 4 is 23.7 Å². The molecule has 0 aromatic heterocycles. The number of carboxylic acids is 1. The van der Waals surface area contributed by atoms with E-state index in [1.165, 1.54) is 7.11 Å². The second-order valence-electron chi connectivity index (χ2n) is 12.4. The van der Waals surface area contributed by atoms with Gasteiger partial charge in [-0.1, -0.05) is 71.4 Å². The number of likely N-dealkylation sites (N-methyl/N-ethyl adjacent to an activating group) is 1. The summed E-state index contributed by atoms with van der Waals surface area (Å²) in [5.74, 6) is -2.63. The fourth-order valence-corrected chi connectivity index (χ4v) is 6.18. The maximum Gasteiger partial charge on any atom is 0.326 e. The topological polar surface area (TPSA) is 152 Å². The number of hydrogen-bond donors (Lipinski definition) is 3. The Hall–Kier alpha value is -3.02. The van der Waals surface area contributed by atoms with Gasteiger partial charge in [0.1, 0.15) is 6.04 Å².